The van der Waals surface area contributed by atoms with Gasteiger partial charge in [-0.05, 0) is 26.7 Å². The summed E-state index contributed by atoms with van der Waals surface area (Å²) in [7, 11) is 0. The van der Waals surface area contributed by atoms with Crippen LogP contribution in [0, 0.1) is 5.92 Å². The second-order valence-electron chi connectivity index (χ2n) is 5.25. The van der Waals surface area contributed by atoms with E-state index in [1.165, 1.54) is 11.2 Å². The quantitative estimate of drug-likeness (QED) is 0.661. The third kappa shape index (κ3) is 3.76. The van der Waals surface area contributed by atoms with E-state index in [0.717, 1.165) is 0 Å². The van der Waals surface area contributed by atoms with Crippen LogP contribution in [0.3, 0.4) is 0 Å². The van der Waals surface area contributed by atoms with Gasteiger partial charge in [-0.15, -0.1) is 0 Å². The van der Waals surface area contributed by atoms with E-state index in [4.69, 9.17) is 9.47 Å². The Morgan fingerprint density at radius 3 is 2.53 bits per heavy atom. The minimum atomic E-state index is -0.583. The fraction of sp³-hybridized carbons (Fsp3) is 0.667. The molecule has 0 saturated heterocycles. The summed E-state index contributed by atoms with van der Waals surface area (Å²) in [6.07, 6.45) is 0.801. The van der Waals surface area contributed by atoms with Gasteiger partial charge in [0.05, 0.1) is 5.70 Å². The number of ether oxygens (including phenoxy) is 2. The predicted molar refractivity (Wildman–Crippen MR) is 62.0 cm³/mol. The highest BCUT2D eigenvalue weighted by Crippen LogP contribution is 2.22. The number of allylic oxidation sites excluding steroid dienone is 1. The van der Waals surface area contributed by atoms with Crippen molar-refractivity contribution >= 4 is 12.1 Å². The lowest BCUT2D eigenvalue weighted by Crippen LogP contribution is -2.42. The maximum absolute atomic E-state index is 11.9. The first kappa shape index (κ1) is 13.5. The second kappa shape index (κ2) is 4.77. The molecular weight excluding hydrogens is 222 g/mol. The molecule has 96 valence electrons. The summed E-state index contributed by atoms with van der Waals surface area (Å²) in [5.74, 6) is -0.379. The minimum Gasteiger partial charge on any atom is -0.443 e. The van der Waals surface area contributed by atoms with Crippen LogP contribution >= 0.6 is 0 Å². The molecule has 1 amide bonds. The number of cyclic esters (lactones) is 1. The molecule has 0 unspecified atom stereocenters. The van der Waals surface area contributed by atoms with Gasteiger partial charge in [0.15, 0.2) is 0 Å². The molecule has 0 aromatic heterocycles. The van der Waals surface area contributed by atoms with Crippen molar-refractivity contribution in [1.29, 1.82) is 0 Å². The van der Waals surface area contributed by atoms with Crippen molar-refractivity contribution in [3.8, 4) is 0 Å². The summed E-state index contributed by atoms with van der Waals surface area (Å²) in [6, 6.07) is 0. The van der Waals surface area contributed by atoms with Crippen LogP contribution in [0.25, 0.3) is 0 Å². The number of amides is 1. The van der Waals surface area contributed by atoms with Crippen LogP contribution in [0.4, 0.5) is 4.79 Å². The summed E-state index contributed by atoms with van der Waals surface area (Å²) >= 11 is 0. The predicted octanol–water partition coefficient (Wildman–Crippen LogP) is 2.28. The first-order chi connectivity index (χ1) is 7.70. The molecular formula is C12H19NO4. The van der Waals surface area contributed by atoms with Crippen molar-refractivity contribution in [1.82, 2.24) is 4.90 Å². The monoisotopic (exact) mass is 241 g/mol. The van der Waals surface area contributed by atoms with Crippen molar-refractivity contribution in [3.05, 3.63) is 12.0 Å². The molecule has 1 heterocycles. The van der Waals surface area contributed by atoms with Crippen LogP contribution in [-0.2, 0) is 14.3 Å². The molecule has 0 atom stereocenters. The van der Waals surface area contributed by atoms with E-state index in [-0.39, 0.29) is 12.5 Å². The van der Waals surface area contributed by atoms with Gasteiger partial charge in [-0.3, -0.25) is 4.90 Å². The first-order valence-electron chi connectivity index (χ1n) is 5.61. The third-order valence-corrected chi connectivity index (χ3v) is 2.12. The smallest absolute Gasteiger partial charge is 0.415 e. The number of esters is 1. The Hall–Kier alpha value is -1.52. The van der Waals surface area contributed by atoms with E-state index in [2.05, 4.69) is 0 Å². The molecule has 5 heteroatoms. The van der Waals surface area contributed by atoms with Crippen LogP contribution in [0.15, 0.2) is 12.0 Å². The Balaban J connectivity index is 2.86. The zero-order chi connectivity index (χ0) is 13.2. The van der Waals surface area contributed by atoms with Crippen molar-refractivity contribution in [2.45, 2.75) is 40.2 Å². The molecule has 0 bridgehead atoms. The largest absolute Gasteiger partial charge is 0.443 e. The molecule has 0 aromatic carbocycles. The molecule has 5 nitrogen and oxygen atoms in total. The van der Waals surface area contributed by atoms with Gasteiger partial charge in [0, 0.05) is 0 Å². The topological polar surface area (TPSA) is 55.8 Å². The molecule has 0 N–H and O–H groups in total. The zero-order valence-electron chi connectivity index (χ0n) is 10.9. The molecule has 0 aromatic rings. The highest BCUT2D eigenvalue weighted by molar-refractivity contribution is 5.81. The van der Waals surface area contributed by atoms with Gasteiger partial charge in [0.25, 0.3) is 0 Å². The average Bonchev–Trinajstić information content (AvgIpc) is 2.14. The standard InChI is InChI=1S/C12H19NO4/c1-8(2)9-7-16-10(14)6-13(9)11(15)17-12(3,4)5/h7-8H,6H2,1-5H3. The molecule has 1 aliphatic rings. The van der Waals surface area contributed by atoms with Crippen LogP contribution < -0.4 is 0 Å². The SMILES string of the molecule is CC(C)C1=COC(=O)CN1C(=O)OC(C)(C)C. The molecule has 1 rings (SSSR count). The lowest BCUT2D eigenvalue weighted by molar-refractivity contribution is -0.141. The molecule has 0 spiro atoms. The van der Waals surface area contributed by atoms with Crippen molar-refractivity contribution in [3.63, 3.8) is 0 Å². The van der Waals surface area contributed by atoms with Gasteiger partial charge in [0.2, 0.25) is 0 Å². The van der Waals surface area contributed by atoms with Gasteiger partial charge < -0.3 is 9.47 Å². The Labute approximate surface area is 101 Å². The maximum Gasteiger partial charge on any atom is 0.415 e. The molecule has 0 aliphatic carbocycles. The molecule has 0 saturated carbocycles. The Morgan fingerprint density at radius 1 is 1.47 bits per heavy atom. The number of rotatable bonds is 1. The first-order valence-corrected chi connectivity index (χ1v) is 5.61. The number of hydrogen-bond acceptors (Lipinski definition) is 4. The fourth-order valence-corrected chi connectivity index (χ4v) is 1.38. The van der Waals surface area contributed by atoms with E-state index in [1.54, 1.807) is 20.8 Å². The van der Waals surface area contributed by atoms with Crippen molar-refractivity contribution in [2.75, 3.05) is 6.54 Å². The lowest BCUT2D eigenvalue weighted by Gasteiger charge is -2.31. The van der Waals surface area contributed by atoms with Crippen molar-refractivity contribution in [2.24, 2.45) is 5.92 Å². The summed E-state index contributed by atoms with van der Waals surface area (Å²) in [6.45, 7) is 9.09. The van der Waals surface area contributed by atoms with E-state index in [0.29, 0.717) is 5.70 Å². The lowest BCUT2D eigenvalue weighted by atomic mass is 10.1. The Morgan fingerprint density at radius 2 is 2.06 bits per heavy atom. The van der Waals surface area contributed by atoms with Crippen LogP contribution in [0.1, 0.15) is 34.6 Å². The van der Waals surface area contributed by atoms with Gasteiger partial charge in [-0.2, -0.15) is 0 Å². The number of carbonyl (C=O) groups is 2. The summed E-state index contributed by atoms with van der Waals surface area (Å²) in [4.78, 5) is 24.4. The van der Waals surface area contributed by atoms with Gasteiger partial charge in [-0.25, -0.2) is 9.59 Å². The number of hydrogen-bond donors (Lipinski definition) is 0. The summed E-state index contributed by atoms with van der Waals surface area (Å²) in [5, 5.41) is 0. The molecule has 17 heavy (non-hydrogen) atoms. The Kier molecular flexibility index (Phi) is 3.80. The van der Waals surface area contributed by atoms with E-state index >= 15 is 0 Å². The van der Waals surface area contributed by atoms with Crippen LogP contribution in [0.2, 0.25) is 0 Å². The molecule has 1 aliphatic heterocycles. The van der Waals surface area contributed by atoms with Gasteiger partial charge >= 0.3 is 12.1 Å². The molecule has 0 fully saturated rings. The maximum atomic E-state index is 11.9. The summed E-state index contributed by atoms with van der Waals surface area (Å²) < 4.78 is 10.1. The fourth-order valence-electron chi connectivity index (χ4n) is 1.38. The highest BCUT2D eigenvalue weighted by atomic mass is 16.6. The average molecular weight is 241 g/mol. The third-order valence-electron chi connectivity index (χ3n) is 2.12. The van der Waals surface area contributed by atoms with E-state index < -0.39 is 17.7 Å². The van der Waals surface area contributed by atoms with Crippen LogP contribution in [0.5, 0.6) is 0 Å². The van der Waals surface area contributed by atoms with Crippen LogP contribution in [-0.4, -0.2) is 29.1 Å². The van der Waals surface area contributed by atoms with Gasteiger partial charge in [0.1, 0.15) is 18.4 Å². The zero-order valence-corrected chi connectivity index (χ0v) is 10.9. The Bertz CT molecular complexity index is 352. The number of nitrogens with zero attached hydrogens (tertiary/aromatic N) is 1. The van der Waals surface area contributed by atoms with Gasteiger partial charge in [-0.1, -0.05) is 13.8 Å². The van der Waals surface area contributed by atoms with E-state index in [1.807, 2.05) is 13.8 Å². The minimum absolute atomic E-state index is 0.0793. The van der Waals surface area contributed by atoms with E-state index in [9.17, 15) is 9.59 Å². The normalized spacial score (nSPS) is 16.7. The number of carbonyl (C=O) groups excluding carboxylic acids is 2. The van der Waals surface area contributed by atoms with Crippen molar-refractivity contribution < 1.29 is 19.1 Å². The highest BCUT2D eigenvalue weighted by Gasteiger charge is 2.31. The molecule has 0 radical (unpaired) electrons. The second-order valence-corrected chi connectivity index (χ2v) is 5.25. The summed E-state index contributed by atoms with van der Waals surface area (Å²) in [5.41, 5.74) is 0.0689.